The summed E-state index contributed by atoms with van der Waals surface area (Å²) < 4.78 is 0. The van der Waals surface area contributed by atoms with Crippen molar-refractivity contribution in [1.29, 1.82) is 0 Å². The maximum absolute atomic E-state index is 12.9. The molecule has 0 aliphatic carbocycles. The standard InChI is InChI=1S/C17H20N2O2/c1-2-12-7-5-6-10-19(12)17(21)14-11-16(20)18-15-9-4-3-8-13(14)15/h3-4,8-9,11-12H,2,5-7,10H2,1H3,(H,18,20). The van der Waals surface area contributed by atoms with Crippen LogP contribution in [0.1, 0.15) is 43.0 Å². The third-order valence-corrected chi connectivity index (χ3v) is 4.34. The van der Waals surface area contributed by atoms with E-state index in [1.807, 2.05) is 29.2 Å². The Bertz CT molecular complexity index is 720. The number of hydrogen-bond donors (Lipinski definition) is 1. The van der Waals surface area contributed by atoms with Crippen LogP contribution in [0.2, 0.25) is 0 Å². The van der Waals surface area contributed by atoms with Crippen molar-refractivity contribution in [2.45, 2.75) is 38.6 Å². The molecule has 0 radical (unpaired) electrons. The maximum Gasteiger partial charge on any atom is 0.254 e. The Labute approximate surface area is 123 Å². The summed E-state index contributed by atoms with van der Waals surface area (Å²) in [6.45, 7) is 2.91. The number of nitrogens with one attached hydrogen (secondary N) is 1. The van der Waals surface area contributed by atoms with E-state index in [1.54, 1.807) is 0 Å². The van der Waals surface area contributed by atoms with Crippen LogP contribution >= 0.6 is 0 Å². The monoisotopic (exact) mass is 284 g/mol. The van der Waals surface area contributed by atoms with Gasteiger partial charge in [-0.1, -0.05) is 25.1 Å². The fourth-order valence-corrected chi connectivity index (χ4v) is 3.23. The number of piperidine rings is 1. The van der Waals surface area contributed by atoms with Crippen molar-refractivity contribution in [3.05, 3.63) is 46.2 Å². The lowest BCUT2D eigenvalue weighted by atomic mass is 9.98. The number of carbonyl (C=O) groups is 1. The Morgan fingerprint density at radius 2 is 2.14 bits per heavy atom. The van der Waals surface area contributed by atoms with Crippen LogP contribution in [0.3, 0.4) is 0 Å². The van der Waals surface area contributed by atoms with Crippen molar-refractivity contribution in [3.8, 4) is 0 Å². The molecule has 0 spiro atoms. The van der Waals surface area contributed by atoms with Gasteiger partial charge in [-0.15, -0.1) is 0 Å². The number of aromatic nitrogens is 1. The van der Waals surface area contributed by atoms with E-state index < -0.39 is 0 Å². The minimum absolute atomic E-state index is 0.0103. The highest BCUT2D eigenvalue weighted by Gasteiger charge is 2.27. The van der Waals surface area contributed by atoms with Crippen molar-refractivity contribution in [2.75, 3.05) is 6.54 Å². The zero-order chi connectivity index (χ0) is 14.8. The first-order chi connectivity index (χ1) is 10.2. The van der Waals surface area contributed by atoms with Gasteiger partial charge in [0.1, 0.15) is 0 Å². The molecule has 1 amide bonds. The van der Waals surface area contributed by atoms with Gasteiger partial charge in [0.25, 0.3) is 5.91 Å². The molecular formula is C17H20N2O2. The third kappa shape index (κ3) is 2.58. The molecule has 1 N–H and O–H groups in total. The van der Waals surface area contributed by atoms with E-state index in [-0.39, 0.29) is 11.5 Å². The van der Waals surface area contributed by atoms with Gasteiger partial charge in [0.15, 0.2) is 0 Å². The van der Waals surface area contributed by atoms with E-state index >= 15 is 0 Å². The minimum atomic E-state index is -0.220. The Balaban J connectivity index is 2.07. The van der Waals surface area contributed by atoms with Crippen LogP contribution in [0.5, 0.6) is 0 Å². The van der Waals surface area contributed by atoms with Crippen molar-refractivity contribution >= 4 is 16.8 Å². The summed E-state index contributed by atoms with van der Waals surface area (Å²) in [6.07, 6.45) is 4.25. The first kappa shape index (κ1) is 13.9. The fraction of sp³-hybridized carbons (Fsp3) is 0.412. The molecular weight excluding hydrogens is 264 g/mol. The van der Waals surface area contributed by atoms with Crippen molar-refractivity contribution in [3.63, 3.8) is 0 Å². The van der Waals surface area contributed by atoms with E-state index in [4.69, 9.17) is 0 Å². The molecule has 1 aromatic heterocycles. The summed E-state index contributed by atoms with van der Waals surface area (Å²) in [5.74, 6) is -0.0103. The molecule has 3 rings (SSSR count). The number of amides is 1. The highest BCUT2D eigenvalue weighted by molar-refractivity contribution is 6.06. The highest BCUT2D eigenvalue weighted by Crippen LogP contribution is 2.24. The first-order valence-electron chi connectivity index (χ1n) is 7.63. The molecule has 1 saturated heterocycles. The van der Waals surface area contributed by atoms with Crippen molar-refractivity contribution in [2.24, 2.45) is 0 Å². The SMILES string of the molecule is CCC1CCCCN1C(=O)c1cc(=O)[nH]c2ccccc12. The average Bonchev–Trinajstić information content (AvgIpc) is 2.53. The summed E-state index contributed by atoms with van der Waals surface area (Å²) in [6, 6.07) is 9.22. The largest absolute Gasteiger partial charge is 0.336 e. The molecule has 4 nitrogen and oxygen atoms in total. The first-order valence-corrected chi connectivity index (χ1v) is 7.63. The number of carbonyl (C=O) groups excluding carboxylic acids is 1. The molecule has 21 heavy (non-hydrogen) atoms. The molecule has 1 aliphatic heterocycles. The third-order valence-electron chi connectivity index (χ3n) is 4.34. The lowest BCUT2D eigenvalue weighted by Crippen LogP contribution is -2.43. The second kappa shape index (κ2) is 5.72. The molecule has 1 fully saturated rings. The topological polar surface area (TPSA) is 53.2 Å². The lowest BCUT2D eigenvalue weighted by Gasteiger charge is -2.35. The second-order valence-corrected chi connectivity index (χ2v) is 5.65. The summed E-state index contributed by atoms with van der Waals surface area (Å²) in [4.78, 5) is 29.5. The maximum atomic E-state index is 12.9. The van der Waals surface area contributed by atoms with Crippen molar-refractivity contribution in [1.82, 2.24) is 9.88 Å². The molecule has 2 heterocycles. The van der Waals surface area contributed by atoms with E-state index in [0.717, 1.165) is 36.7 Å². The summed E-state index contributed by atoms with van der Waals surface area (Å²) >= 11 is 0. The number of para-hydroxylation sites is 1. The van der Waals surface area contributed by atoms with Gasteiger partial charge in [0.2, 0.25) is 5.56 Å². The van der Waals surface area contributed by atoms with Crippen LogP contribution in [0.25, 0.3) is 10.9 Å². The molecule has 4 heteroatoms. The van der Waals surface area contributed by atoms with Crippen molar-refractivity contribution < 1.29 is 4.79 Å². The number of rotatable bonds is 2. The van der Waals surface area contributed by atoms with Gasteiger partial charge in [-0.05, 0) is 31.7 Å². The van der Waals surface area contributed by atoms with Crippen LogP contribution in [-0.2, 0) is 0 Å². The molecule has 2 aromatic rings. The van der Waals surface area contributed by atoms with Gasteiger partial charge in [-0.2, -0.15) is 0 Å². The summed E-state index contributed by atoms with van der Waals surface area (Å²) in [5, 5.41) is 0.822. The van der Waals surface area contributed by atoms with Gasteiger partial charge in [-0.3, -0.25) is 9.59 Å². The number of likely N-dealkylation sites (tertiary alicyclic amines) is 1. The van der Waals surface area contributed by atoms with Gasteiger partial charge < -0.3 is 9.88 Å². The summed E-state index contributed by atoms with van der Waals surface area (Å²) in [5.41, 5.74) is 1.02. The predicted octanol–water partition coefficient (Wildman–Crippen LogP) is 2.93. The molecule has 1 aliphatic rings. The normalized spacial score (nSPS) is 18.9. The van der Waals surface area contributed by atoms with Gasteiger partial charge in [0.05, 0.1) is 5.56 Å². The van der Waals surface area contributed by atoms with E-state index in [2.05, 4.69) is 11.9 Å². The number of nitrogens with zero attached hydrogens (tertiary/aromatic N) is 1. The van der Waals surface area contributed by atoms with Gasteiger partial charge >= 0.3 is 0 Å². The molecule has 1 aromatic carbocycles. The zero-order valence-corrected chi connectivity index (χ0v) is 12.3. The predicted molar refractivity (Wildman–Crippen MR) is 83.5 cm³/mol. The lowest BCUT2D eigenvalue weighted by molar-refractivity contribution is 0.0610. The number of aromatic amines is 1. The van der Waals surface area contributed by atoms with E-state index in [1.165, 1.54) is 12.5 Å². The minimum Gasteiger partial charge on any atom is -0.336 e. The molecule has 0 saturated carbocycles. The number of benzene rings is 1. The molecule has 110 valence electrons. The van der Waals surface area contributed by atoms with Crippen LogP contribution in [0.15, 0.2) is 35.1 Å². The highest BCUT2D eigenvalue weighted by atomic mass is 16.2. The summed E-state index contributed by atoms with van der Waals surface area (Å²) in [7, 11) is 0. The van der Waals surface area contributed by atoms with E-state index in [9.17, 15) is 9.59 Å². The number of hydrogen-bond acceptors (Lipinski definition) is 2. The van der Waals surface area contributed by atoms with Crippen LogP contribution in [0, 0.1) is 0 Å². The molecule has 1 unspecified atom stereocenters. The smallest absolute Gasteiger partial charge is 0.254 e. The zero-order valence-electron chi connectivity index (χ0n) is 12.3. The Hall–Kier alpha value is -2.10. The van der Waals surface area contributed by atoms with Crippen LogP contribution in [0.4, 0.5) is 0 Å². The Morgan fingerprint density at radius 3 is 2.95 bits per heavy atom. The number of fused-ring (bicyclic) bond motifs is 1. The second-order valence-electron chi connectivity index (χ2n) is 5.65. The Morgan fingerprint density at radius 1 is 1.33 bits per heavy atom. The molecule has 1 atom stereocenters. The van der Waals surface area contributed by atoms with Crippen LogP contribution < -0.4 is 5.56 Å². The van der Waals surface area contributed by atoms with Gasteiger partial charge in [-0.25, -0.2) is 0 Å². The molecule has 0 bridgehead atoms. The Kier molecular flexibility index (Phi) is 3.78. The fourth-order valence-electron chi connectivity index (χ4n) is 3.23. The van der Waals surface area contributed by atoms with E-state index in [0.29, 0.717) is 11.6 Å². The quantitative estimate of drug-likeness (QED) is 0.922. The van der Waals surface area contributed by atoms with Gasteiger partial charge in [0, 0.05) is 29.6 Å². The number of H-pyrrole nitrogens is 1. The van der Waals surface area contributed by atoms with Crippen LogP contribution in [-0.4, -0.2) is 28.4 Å². The number of pyridine rings is 1. The average molecular weight is 284 g/mol.